The molecule has 0 fully saturated rings. The van der Waals surface area contributed by atoms with Crippen molar-refractivity contribution in [2.75, 3.05) is 5.73 Å². The molecule has 7 heteroatoms. The summed E-state index contributed by atoms with van der Waals surface area (Å²) in [5.41, 5.74) is 5.45. The minimum absolute atomic E-state index is 0.135. The topological polar surface area (TPSA) is 127 Å². The molecule has 7 nitrogen and oxygen atoms in total. The SMILES string of the molecule is C=C(CC)C(=O)O.Nc1ccc([N+](=O)[O-])cc1O. The van der Waals surface area contributed by atoms with Crippen molar-refractivity contribution in [2.24, 2.45) is 0 Å². The van der Waals surface area contributed by atoms with E-state index in [1.165, 1.54) is 12.1 Å². The molecule has 0 atom stereocenters. The van der Waals surface area contributed by atoms with Gasteiger partial charge in [0.1, 0.15) is 5.75 Å². The van der Waals surface area contributed by atoms with Crippen LogP contribution in [0.3, 0.4) is 0 Å². The molecule has 1 aromatic carbocycles. The fourth-order valence-electron chi connectivity index (χ4n) is 0.797. The number of carboxylic acid groups (broad SMARTS) is 1. The number of carboxylic acids is 1. The summed E-state index contributed by atoms with van der Waals surface area (Å²) in [7, 11) is 0. The summed E-state index contributed by atoms with van der Waals surface area (Å²) < 4.78 is 0. The van der Waals surface area contributed by atoms with Crippen LogP contribution in [0.4, 0.5) is 11.4 Å². The van der Waals surface area contributed by atoms with Gasteiger partial charge in [0.05, 0.1) is 16.7 Å². The second-order valence-corrected chi connectivity index (χ2v) is 3.26. The van der Waals surface area contributed by atoms with Gasteiger partial charge in [0.15, 0.2) is 0 Å². The van der Waals surface area contributed by atoms with E-state index < -0.39 is 10.9 Å². The standard InChI is InChI=1S/C6H6N2O3.C5H8O2/c7-5-2-1-4(8(10)11)3-6(5)9;1-3-4(2)5(6)7/h1-3,9H,7H2;2-3H2,1H3,(H,6,7). The van der Waals surface area contributed by atoms with Crippen LogP contribution in [0, 0.1) is 10.1 Å². The molecule has 1 aromatic rings. The number of nitrogens with two attached hydrogens (primary N) is 1. The number of hydrogen-bond acceptors (Lipinski definition) is 5. The van der Waals surface area contributed by atoms with Crippen LogP contribution in [0.25, 0.3) is 0 Å². The van der Waals surface area contributed by atoms with Crippen molar-refractivity contribution in [3.8, 4) is 5.75 Å². The van der Waals surface area contributed by atoms with Gasteiger partial charge < -0.3 is 15.9 Å². The Hall–Kier alpha value is -2.57. The smallest absolute Gasteiger partial charge is 0.330 e. The van der Waals surface area contributed by atoms with E-state index in [0.717, 1.165) is 6.07 Å². The molecule has 0 unspecified atom stereocenters. The summed E-state index contributed by atoms with van der Waals surface area (Å²) in [6, 6.07) is 3.53. The lowest BCUT2D eigenvalue weighted by Gasteiger charge is -1.95. The van der Waals surface area contributed by atoms with Crippen molar-refractivity contribution < 1.29 is 19.9 Å². The molecule has 1 rings (SSSR count). The first-order valence-corrected chi connectivity index (χ1v) is 4.93. The van der Waals surface area contributed by atoms with Gasteiger partial charge >= 0.3 is 5.97 Å². The Kier molecular flexibility index (Phi) is 5.91. The predicted molar refractivity (Wildman–Crippen MR) is 66.2 cm³/mol. The number of carbonyl (C=O) groups is 1. The number of aromatic hydroxyl groups is 1. The maximum Gasteiger partial charge on any atom is 0.330 e. The summed E-state index contributed by atoms with van der Waals surface area (Å²) in [5.74, 6) is -1.17. The first kappa shape index (κ1) is 15.4. The fourth-order valence-corrected chi connectivity index (χ4v) is 0.797. The van der Waals surface area contributed by atoms with Gasteiger partial charge in [-0.15, -0.1) is 0 Å². The number of rotatable bonds is 3. The first-order valence-electron chi connectivity index (χ1n) is 4.93. The lowest BCUT2D eigenvalue weighted by atomic mass is 10.2. The lowest BCUT2D eigenvalue weighted by molar-refractivity contribution is -0.384. The van der Waals surface area contributed by atoms with Crippen molar-refractivity contribution in [1.29, 1.82) is 0 Å². The van der Waals surface area contributed by atoms with Gasteiger partial charge in [-0.05, 0) is 12.5 Å². The average Bonchev–Trinajstić information content (AvgIpc) is 2.32. The van der Waals surface area contributed by atoms with E-state index in [4.69, 9.17) is 15.9 Å². The Morgan fingerprint density at radius 2 is 2.11 bits per heavy atom. The Morgan fingerprint density at radius 1 is 1.56 bits per heavy atom. The van der Waals surface area contributed by atoms with Crippen molar-refractivity contribution >= 4 is 17.3 Å². The molecule has 0 aliphatic heterocycles. The number of non-ortho nitro benzene ring substituents is 1. The normalized spacial score (nSPS) is 8.94. The maximum absolute atomic E-state index is 10.1. The van der Waals surface area contributed by atoms with Gasteiger partial charge in [-0.25, -0.2) is 4.79 Å². The van der Waals surface area contributed by atoms with Gasteiger partial charge in [-0.2, -0.15) is 0 Å². The van der Waals surface area contributed by atoms with Gasteiger partial charge in [-0.3, -0.25) is 10.1 Å². The van der Waals surface area contributed by atoms with Crippen LogP contribution in [0.1, 0.15) is 13.3 Å². The molecular weight excluding hydrogens is 240 g/mol. The third-order valence-electron chi connectivity index (χ3n) is 1.95. The minimum Gasteiger partial charge on any atom is -0.506 e. The van der Waals surface area contributed by atoms with Crippen LogP contribution in [0.2, 0.25) is 0 Å². The molecule has 0 aliphatic rings. The third-order valence-corrected chi connectivity index (χ3v) is 1.95. The van der Waals surface area contributed by atoms with E-state index in [2.05, 4.69) is 6.58 Å². The third kappa shape index (κ3) is 4.97. The number of phenols is 1. The number of nitro benzene ring substituents is 1. The zero-order valence-corrected chi connectivity index (χ0v) is 9.79. The molecule has 0 heterocycles. The molecule has 0 spiro atoms. The second kappa shape index (κ2) is 6.89. The fraction of sp³-hybridized carbons (Fsp3) is 0.182. The van der Waals surface area contributed by atoms with Gasteiger partial charge in [0.25, 0.3) is 5.69 Å². The van der Waals surface area contributed by atoms with E-state index >= 15 is 0 Å². The zero-order valence-electron chi connectivity index (χ0n) is 9.79. The van der Waals surface area contributed by atoms with E-state index in [9.17, 15) is 14.9 Å². The van der Waals surface area contributed by atoms with E-state index in [1.807, 2.05) is 0 Å². The number of hydrogen-bond donors (Lipinski definition) is 3. The Morgan fingerprint density at radius 3 is 2.39 bits per heavy atom. The molecule has 0 radical (unpaired) electrons. The van der Waals surface area contributed by atoms with Crippen LogP contribution in [0.15, 0.2) is 30.4 Å². The molecule has 98 valence electrons. The van der Waals surface area contributed by atoms with Crippen molar-refractivity contribution in [3.63, 3.8) is 0 Å². The molecule has 0 saturated carbocycles. The van der Waals surface area contributed by atoms with Crippen LogP contribution in [0.5, 0.6) is 5.75 Å². The van der Waals surface area contributed by atoms with Crippen molar-refractivity contribution in [1.82, 2.24) is 0 Å². The highest BCUT2D eigenvalue weighted by molar-refractivity contribution is 5.85. The Labute approximate surface area is 103 Å². The number of nitro groups is 1. The number of benzene rings is 1. The minimum atomic E-state index is -0.900. The zero-order chi connectivity index (χ0) is 14.3. The molecule has 0 aromatic heterocycles. The van der Waals surface area contributed by atoms with Gasteiger partial charge in [0, 0.05) is 11.6 Å². The second-order valence-electron chi connectivity index (χ2n) is 3.26. The molecular formula is C11H14N2O5. The van der Waals surface area contributed by atoms with Crippen molar-refractivity contribution in [3.05, 3.63) is 40.5 Å². The summed E-state index contributed by atoms with van der Waals surface area (Å²) in [6.07, 6.45) is 0.523. The predicted octanol–water partition coefficient (Wildman–Crippen LogP) is 1.92. The summed E-state index contributed by atoms with van der Waals surface area (Å²) in [6.45, 7) is 5.03. The summed E-state index contributed by atoms with van der Waals surface area (Å²) in [5, 5.41) is 27.1. The van der Waals surface area contributed by atoms with Crippen molar-refractivity contribution in [2.45, 2.75) is 13.3 Å². The first-order chi connectivity index (χ1) is 8.29. The van der Waals surface area contributed by atoms with Crippen LogP contribution in [-0.2, 0) is 4.79 Å². The van der Waals surface area contributed by atoms with E-state index in [-0.39, 0.29) is 22.7 Å². The molecule has 0 bridgehead atoms. The summed E-state index contributed by atoms with van der Waals surface area (Å²) in [4.78, 5) is 19.4. The van der Waals surface area contributed by atoms with E-state index in [1.54, 1.807) is 6.92 Å². The largest absolute Gasteiger partial charge is 0.506 e. The van der Waals surface area contributed by atoms with Crippen LogP contribution in [-0.4, -0.2) is 21.1 Å². The maximum atomic E-state index is 10.1. The molecule has 0 amide bonds. The monoisotopic (exact) mass is 254 g/mol. The molecule has 18 heavy (non-hydrogen) atoms. The highest BCUT2D eigenvalue weighted by Crippen LogP contribution is 2.24. The number of nitrogen functional groups attached to an aromatic ring is 1. The highest BCUT2D eigenvalue weighted by atomic mass is 16.6. The average molecular weight is 254 g/mol. The molecule has 4 N–H and O–H groups in total. The molecule has 0 aliphatic carbocycles. The number of nitrogens with zero attached hydrogens (tertiary/aromatic N) is 1. The Bertz CT molecular complexity index is 471. The highest BCUT2D eigenvalue weighted by Gasteiger charge is 2.06. The number of anilines is 1. The van der Waals surface area contributed by atoms with E-state index in [0.29, 0.717) is 6.42 Å². The number of aliphatic carboxylic acids is 1. The summed E-state index contributed by atoms with van der Waals surface area (Å²) >= 11 is 0. The quantitative estimate of drug-likeness (QED) is 0.248. The van der Waals surface area contributed by atoms with Gasteiger partial charge in [0.2, 0.25) is 0 Å². The van der Waals surface area contributed by atoms with Crippen LogP contribution >= 0.6 is 0 Å². The van der Waals surface area contributed by atoms with Gasteiger partial charge in [-0.1, -0.05) is 13.5 Å². The molecule has 0 saturated heterocycles. The van der Waals surface area contributed by atoms with Crippen LogP contribution < -0.4 is 5.73 Å². The lowest BCUT2D eigenvalue weighted by Crippen LogP contribution is -1.95. The number of phenolic OH excluding ortho intramolecular Hbond substituents is 1. The Balaban J connectivity index is 0.000000360.